The molecule has 0 radical (unpaired) electrons. The minimum Gasteiger partial charge on any atom is -0.327 e. The van der Waals surface area contributed by atoms with Crippen LogP contribution in [0.5, 0.6) is 0 Å². The van der Waals surface area contributed by atoms with Crippen LogP contribution in [0.2, 0.25) is 0 Å². The summed E-state index contributed by atoms with van der Waals surface area (Å²) < 4.78 is 40.1. The lowest BCUT2D eigenvalue weighted by Crippen LogP contribution is -2.44. The highest BCUT2D eigenvalue weighted by atomic mass is 79.9. The molecule has 6 heteroatoms. The summed E-state index contributed by atoms with van der Waals surface area (Å²) in [6, 6.07) is 1.50. The fourth-order valence-electron chi connectivity index (χ4n) is 2.91. The SMILES string of the molecule is NC(Cc1sccc1Br)C1CCCCC1C(F)(F)F. The van der Waals surface area contributed by atoms with Gasteiger partial charge in [-0.1, -0.05) is 12.8 Å². The molecule has 2 rings (SSSR count). The summed E-state index contributed by atoms with van der Waals surface area (Å²) in [5.74, 6) is -1.67. The van der Waals surface area contributed by atoms with Gasteiger partial charge in [0, 0.05) is 15.4 Å². The molecule has 3 unspecified atom stereocenters. The van der Waals surface area contributed by atoms with E-state index < -0.39 is 24.1 Å². The molecule has 0 amide bonds. The normalized spacial score (nSPS) is 26.4. The van der Waals surface area contributed by atoms with Gasteiger partial charge in [-0.2, -0.15) is 13.2 Å². The maximum Gasteiger partial charge on any atom is 0.392 e. The Morgan fingerprint density at radius 2 is 2.05 bits per heavy atom. The second-order valence-electron chi connectivity index (χ2n) is 5.16. The molecule has 1 nitrogen and oxygen atoms in total. The van der Waals surface area contributed by atoms with Crippen LogP contribution in [0.25, 0.3) is 0 Å². The van der Waals surface area contributed by atoms with Crippen LogP contribution in [-0.4, -0.2) is 12.2 Å². The van der Waals surface area contributed by atoms with Crippen LogP contribution in [0.1, 0.15) is 30.6 Å². The summed E-state index contributed by atoms with van der Waals surface area (Å²) in [7, 11) is 0. The highest BCUT2D eigenvalue weighted by molar-refractivity contribution is 9.10. The van der Waals surface area contributed by atoms with Crippen LogP contribution in [0.15, 0.2) is 15.9 Å². The maximum atomic E-state index is 13.0. The number of alkyl halides is 3. The highest BCUT2D eigenvalue weighted by Crippen LogP contribution is 2.43. The first kappa shape index (κ1) is 15.3. The van der Waals surface area contributed by atoms with E-state index in [4.69, 9.17) is 5.73 Å². The van der Waals surface area contributed by atoms with E-state index in [0.717, 1.165) is 15.8 Å². The monoisotopic (exact) mass is 355 g/mol. The predicted molar refractivity (Wildman–Crippen MR) is 75.2 cm³/mol. The molecule has 0 aromatic carbocycles. The molecule has 1 aliphatic rings. The molecular weight excluding hydrogens is 339 g/mol. The van der Waals surface area contributed by atoms with Crippen molar-refractivity contribution in [3.8, 4) is 0 Å². The minimum absolute atomic E-state index is 0.230. The third kappa shape index (κ3) is 3.73. The van der Waals surface area contributed by atoms with E-state index in [1.54, 1.807) is 11.3 Å². The Hall–Kier alpha value is -0.0700. The summed E-state index contributed by atoms with van der Waals surface area (Å²) in [5, 5.41) is 1.92. The van der Waals surface area contributed by atoms with E-state index >= 15 is 0 Å². The molecule has 1 fully saturated rings. The number of halogens is 4. The molecule has 108 valence electrons. The molecule has 2 N–H and O–H groups in total. The molecule has 0 aliphatic heterocycles. The van der Waals surface area contributed by atoms with Gasteiger partial charge in [0.15, 0.2) is 0 Å². The number of nitrogens with two attached hydrogens (primary N) is 1. The highest BCUT2D eigenvalue weighted by Gasteiger charge is 2.47. The lowest BCUT2D eigenvalue weighted by molar-refractivity contribution is -0.198. The van der Waals surface area contributed by atoms with Gasteiger partial charge in [0.25, 0.3) is 0 Å². The Balaban J connectivity index is 2.07. The molecular formula is C13H17BrF3NS. The molecule has 0 spiro atoms. The number of hydrogen-bond donors (Lipinski definition) is 1. The van der Waals surface area contributed by atoms with E-state index in [1.807, 2.05) is 11.4 Å². The minimum atomic E-state index is -4.12. The third-order valence-electron chi connectivity index (χ3n) is 3.90. The quantitative estimate of drug-likeness (QED) is 0.831. The maximum absolute atomic E-state index is 13.0. The largest absolute Gasteiger partial charge is 0.392 e. The summed E-state index contributed by atoms with van der Waals surface area (Å²) in [6.07, 6.45) is -1.25. The van der Waals surface area contributed by atoms with E-state index in [9.17, 15) is 13.2 Å². The van der Waals surface area contributed by atoms with Crippen molar-refractivity contribution < 1.29 is 13.2 Å². The van der Waals surface area contributed by atoms with Crippen LogP contribution in [0, 0.1) is 11.8 Å². The van der Waals surface area contributed by atoms with E-state index in [1.165, 1.54) is 0 Å². The molecule has 1 heterocycles. The van der Waals surface area contributed by atoms with Crippen molar-refractivity contribution in [1.29, 1.82) is 0 Å². The number of hydrogen-bond acceptors (Lipinski definition) is 2. The average molecular weight is 356 g/mol. The molecule has 19 heavy (non-hydrogen) atoms. The fraction of sp³-hybridized carbons (Fsp3) is 0.692. The van der Waals surface area contributed by atoms with Crippen LogP contribution in [-0.2, 0) is 6.42 Å². The Morgan fingerprint density at radius 1 is 1.37 bits per heavy atom. The lowest BCUT2D eigenvalue weighted by atomic mass is 9.74. The average Bonchev–Trinajstić information content (AvgIpc) is 2.74. The fourth-order valence-corrected chi connectivity index (χ4v) is 4.50. The lowest BCUT2D eigenvalue weighted by Gasteiger charge is -2.36. The zero-order valence-electron chi connectivity index (χ0n) is 10.4. The first-order chi connectivity index (χ1) is 8.89. The topological polar surface area (TPSA) is 26.0 Å². The van der Waals surface area contributed by atoms with Crippen LogP contribution < -0.4 is 5.73 Å². The van der Waals surface area contributed by atoms with Crippen molar-refractivity contribution in [1.82, 2.24) is 0 Å². The Kier molecular flexibility index (Phi) is 4.95. The predicted octanol–water partition coefficient (Wildman–Crippen LogP) is 4.75. The third-order valence-corrected chi connectivity index (χ3v) is 5.85. The van der Waals surface area contributed by atoms with Crippen molar-refractivity contribution in [3.63, 3.8) is 0 Å². The van der Waals surface area contributed by atoms with Crippen molar-refractivity contribution in [2.75, 3.05) is 0 Å². The molecule has 1 aromatic heterocycles. The van der Waals surface area contributed by atoms with Gasteiger partial charge in [0.1, 0.15) is 0 Å². The van der Waals surface area contributed by atoms with Gasteiger partial charge in [0.2, 0.25) is 0 Å². The van der Waals surface area contributed by atoms with Crippen molar-refractivity contribution in [2.45, 2.75) is 44.3 Å². The zero-order valence-corrected chi connectivity index (χ0v) is 12.8. The molecule has 0 saturated heterocycles. The zero-order chi connectivity index (χ0) is 14.0. The second kappa shape index (κ2) is 6.14. The van der Waals surface area contributed by atoms with Gasteiger partial charge < -0.3 is 5.73 Å². The summed E-state index contributed by atoms with van der Waals surface area (Å²) in [6.45, 7) is 0. The summed E-state index contributed by atoms with van der Waals surface area (Å²) in [4.78, 5) is 1.04. The number of rotatable bonds is 3. The van der Waals surface area contributed by atoms with Gasteiger partial charge in [-0.05, 0) is 52.6 Å². The van der Waals surface area contributed by atoms with Crippen LogP contribution >= 0.6 is 27.3 Å². The Morgan fingerprint density at radius 3 is 2.63 bits per heavy atom. The number of thiophene rings is 1. The standard InChI is InChI=1S/C13H17BrF3NS/c14-10-5-6-19-12(10)7-11(18)8-3-1-2-4-9(8)13(15,16)17/h5-6,8-9,11H,1-4,7,18H2. The van der Waals surface area contributed by atoms with Crippen LogP contribution in [0.4, 0.5) is 13.2 Å². The molecule has 1 saturated carbocycles. The van der Waals surface area contributed by atoms with Crippen molar-refractivity contribution in [3.05, 3.63) is 20.8 Å². The molecule has 0 bridgehead atoms. The van der Waals surface area contributed by atoms with Gasteiger partial charge in [-0.3, -0.25) is 0 Å². The summed E-state index contributed by atoms with van der Waals surface area (Å²) >= 11 is 4.95. The van der Waals surface area contributed by atoms with E-state index in [2.05, 4.69) is 15.9 Å². The van der Waals surface area contributed by atoms with E-state index in [-0.39, 0.29) is 6.42 Å². The Bertz CT molecular complexity index is 418. The van der Waals surface area contributed by atoms with Gasteiger partial charge >= 0.3 is 6.18 Å². The molecule has 3 atom stereocenters. The van der Waals surface area contributed by atoms with Gasteiger partial charge in [0.05, 0.1) is 5.92 Å². The second-order valence-corrected chi connectivity index (χ2v) is 7.01. The van der Waals surface area contributed by atoms with Gasteiger partial charge in [-0.25, -0.2) is 0 Å². The van der Waals surface area contributed by atoms with Gasteiger partial charge in [-0.15, -0.1) is 11.3 Å². The van der Waals surface area contributed by atoms with E-state index in [0.29, 0.717) is 19.3 Å². The first-order valence-electron chi connectivity index (χ1n) is 6.43. The smallest absolute Gasteiger partial charge is 0.327 e. The van der Waals surface area contributed by atoms with Crippen LogP contribution in [0.3, 0.4) is 0 Å². The van der Waals surface area contributed by atoms with Crippen molar-refractivity contribution in [2.24, 2.45) is 17.6 Å². The first-order valence-corrected chi connectivity index (χ1v) is 8.11. The molecule has 1 aliphatic carbocycles. The summed E-state index contributed by atoms with van der Waals surface area (Å²) in [5.41, 5.74) is 6.08. The van der Waals surface area contributed by atoms with Crippen molar-refractivity contribution >= 4 is 27.3 Å². The molecule has 1 aromatic rings. The Labute approximate surface area is 123 Å².